The Balaban J connectivity index is 2.88. The lowest BCUT2D eigenvalue weighted by atomic mass is 10.2. The zero-order chi connectivity index (χ0) is 13.1. The van der Waals surface area contributed by atoms with E-state index in [9.17, 15) is 8.42 Å². The Morgan fingerprint density at radius 1 is 1.59 bits per heavy atom. The van der Waals surface area contributed by atoms with Crippen molar-refractivity contribution in [1.29, 1.82) is 0 Å². The first-order chi connectivity index (χ1) is 7.90. The maximum absolute atomic E-state index is 12.1. The Morgan fingerprint density at radius 3 is 2.65 bits per heavy atom. The molecule has 0 aliphatic heterocycles. The molecule has 1 aromatic heterocycles. The highest BCUT2D eigenvalue weighted by Crippen LogP contribution is 2.30. The normalized spacial score (nSPS) is 13.9. The minimum Gasteiger partial charge on any atom is -0.207 e. The third-order valence-corrected chi connectivity index (χ3v) is 6.38. The lowest BCUT2D eigenvalue weighted by Crippen LogP contribution is -2.34. The van der Waals surface area contributed by atoms with Crippen molar-refractivity contribution in [2.24, 2.45) is 0 Å². The van der Waals surface area contributed by atoms with Gasteiger partial charge in [-0.2, -0.15) is 0 Å². The van der Waals surface area contributed by atoms with Crippen molar-refractivity contribution in [3.63, 3.8) is 0 Å². The molecule has 0 saturated heterocycles. The van der Waals surface area contributed by atoms with Gasteiger partial charge in [-0.05, 0) is 31.4 Å². The van der Waals surface area contributed by atoms with Crippen molar-refractivity contribution in [2.75, 3.05) is 5.33 Å². The van der Waals surface area contributed by atoms with Gasteiger partial charge in [-0.3, -0.25) is 0 Å². The summed E-state index contributed by atoms with van der Waals surface area (Å²) in [6, 6.07) is 1.57. The molecule has 1 N–H and O–H groups in total. The fraction of sp³-hybridized carbons (Fsp3) is 0.600. The minimum atomic E-state index is -3.43. The van der Waals surface area contributed by atoms with E-state index >= 15 is 0 Å². The molecule has 0 aliphatic carbocycles. The van der Waals surface area contributed by atoms with Gasteiger partial charge in [0, 0.05) is 11.4 Å². The van der Waals surface area contributed by atoms with Crippen molar-refractivity contribution < 1.29 is 8.42 Å². The van der Waals surface area contributed by atoms with E-state index in [0.29, 0.717) is 4.34 Å². The van der Waals surface area contributed by atoms with E-state index in [2.05, 4.69) is 20.7 Å². The number of nitrogens with one attached hydrogen (secondary N) is 1. The zero-order valence-electron chi connectivity index (χ0n) is 9.66. The molecule has 0 aromatic carbocycles. The molecule has 0 saturated carbocycles. The summed E-state index contributed by atoms with van der Waals surface area (Å²) in [6.45, 7) is 3.76. The van der Waals surface area contributed by atoms with E-state index in [1.165, 1.54) is 0 Å². The number of alkyl halides is 1. The van der Waals surface area contributed by atoms with Gasteiger partial charge in [-0.25, -0.2) is 13.1 Å². The standard InChI is InChI=1S/C10H15BrClNO2S2/c1-3-8(4-5-11)13-17(14,15)9-6-7(2)10(12)16-9/h6,8,13H,3-5H2,1-2H3. The third kappa shape index (κ3) is 4.21. The van der Waals surface area contributed by atoms with Crippen LogP contribution < -0.4 is 4.72 Å². The summed E-state index contributed by atoms with van der Waals surface area (Å²) in [7, 11) is -3.43. The van der Waals surface area contributed by atoms with Gasteiger partial charge < -0.3 is 0 Å². The van der Waals surface area contributed by atoms with Crippen LogP contribution >= 0.6 is 38.9 Å². The average Bonchev–Trinajstić information content (AvgIpc) is 2.59. The fourth-order valence-electron chi connectivity index (χ4n) is 1.32. The zero-order valence-corrected chi connectivity index (χ0v) is 13.6. The predicted octanol–water partition coefficient (Wildman–Crippen LogP) is 3.55. The fourth-order valence-corrected chi connectivity index (χ4v) is 4.95. The molecule has 0 bridgehead atoms. The molecule has 1 heterocycles. The van der Waals surface area contributed by atoms with Crippen LogP contribution in [0.5, 0.6) is 0 Å². The van der Waals surface area contributed by atoms with E-state index in [4.69, 9.17) is 11.6 Å². The monoisotopic (exact) mass is 359 g/mol. The highest BCUT2D eigenvalue weighted by Gasteiger charge is 2.21. The molecule has 1 aromatic rings. The second kappa shape index (κ2) is 6.52. The van der Waals surface area contributed by atoms with Crippen LogP contribution in [-0.4, -0.2) is 19.8 Å². The van der Waals surface area contributed by atoms with Gasteiger partial charge in [0.05, 0.1) is 4.34 Å². The number of rotatable bonds is 6. The van der Waals surface area contributed by atoms with Crippen LogP contribution in [0, 0.1) is 6.92 Å². The highest BCUT2D eigenvalue weighted by molar-refractivity contribution is 9.09. The van der Waals surface area contributed by atoms with Gasteiger partial charge in [-0.1, -0.05) is 34.5 Å². The highest BCUT2D eigenvalue weighted by atomic mass is 79.9. The molecular formula is C10H15BrClNO2S2. The van der Waals surface area contributed by atoms with Crippen LogP contribution in [0.15, 0.2) is 10.3 Å². The number of hydrogen-bond acceptors (Lipinski definition) is 3. The Morgan fingerprint density at radius 2 is 2.24 bits per heavy atom. The second-order valence-electron chi connectivity index (χ2n) is 3.73. The van der Waals surface area contributed by atoms with E-state index < -0.39 is 10.0 Å². The van der Waals surface area contributed by atoms with Crippen molar-refractivity contribution >= 4 is 48.9 Å². The van der Waals surface area contributed by atoms with Gasteiger partial charge in [-0.15, -0.1) is 11.3 Å². The van der Waals surface area contributed by atoms with Crippen molar-refractivity contribution in [1.82, 2.24) is 4.72 Å². The van der Waals surface area contributed by atoms with Gasteiger partial charge in [0.15, 0.2) is 0 Å². The summed E-state index contributed by atoms with van der Waals surface area (Å²) >= 11 is 10.3. The quantitative estimate of drug-likeness (QED) is 0.789. The van der Waals surface area contributed by atoms with Gasteiger partial charge in [0.1, 0.15) is 4.21 Å². The number of hydrogen-bond donors (Lipinski definition) is 1. The maximum atomic E-state index is 12.1. The molecule has 0 aliphatic rings. The molecule has 17 heavy (non-hydrogen) atoms. The topological polar surface area (TPSA) is 46.2 Å². The molecule has 1 atom stereocenters. The van der Waals surface area contributed by atoms with E-state index in [1.54, 1.807) is 13.0 Å². The summed E-state index contributed by atoms with van der Waals surface area (Å²) in [4.78, 5) is 0. The largest absolute Gasteiger partial charge is 0.250 e. The van der Waals surface area contributed by atoms with Crippen LogP contribution in [0.2, 0.25) is 4.34 Å². The van der Waals surface area contributed by atoms with E-state index in [0.717, 1.165) is 35.1 Å². The first kappa shape index (κ1) is 15.4. The molecule has 1 rings (SSSR count). The van der Waals surface area contributed by atoms with Gasteiger partial charge in [0.2, 0.25) is 10.0 Å². The lowest BCUT2D eigenvalue weighted by Gasteiger charge is -2.14. The van der Waals surface area contributed by atoms with Crippen LogP contribution in [0.3, 0.4) is 0 Å². The smallest absolute Gasteiger partial charge is 0.207 e. The summed E-state index contributed by atoms with van der Waals surface area (Å²) in [6.07, 6.45) is 1.54. The molecule has 0 radical (unpaired) electrons. The van der Waals surface area contributed by atoms with E-state index in [1.807, 2.05) is 6.92 Å². The molecule has 0 fully saturated rings. The lowest BCUT2D eigenvalue weighted by molar-refractivity contribution is 0.534. The Kier molecular flexibility index (Phi) is 5.92. The molecule has 7 heteroatoms. The summed E-state index contributed by atoms with van der Waals surface area (Å²) < 4.78 is 27.6. The Hall–Kier alpha value is 0.380. The maximum Gasteiger partial charge on any atom is 0.250 e. The summed E-state index contributed by atoms with van der Waals surface area (Å²) in [5.74, 6) is 0. The summed E-state index contributed by atoms with van der Waals surface area (Å²) in [5.41, 5.74) is 0.797. The molecular weight excluding hydrogens is 346 g/mol. The Labute approximate surface area is 120 Å². The van der Waals surface area contributed by atoms with Crippen molar-refractivity contribution in [3.05, 3.63) is 16.0 Å². The minimum absolute atomic E-state index is 0.0412. The molecule has 0 amide bonds. The molecule has 0 spiro atoms. The molecule has 1 unspecified atom stereocenters. The van der Waals surface area contributed by atoms with Crippen molar-refractivity contribution in [2.45, 2.75) is 36.9 Å². The average molecular weight is 361 g/mol. The van der Waals surface area contributed by atoms with Crippen molar-refractivity contribution in [3.8, 4) is 0 Å². The first-order valence-corrected chi connectivity index (χ1v) is 9.04. The second-order valence-corrected chi connectivity index (χ2v) is 8.11. The van der Waals surface area contributed by atoms with Crippen LogP contribution in [0.4, 0.5) is 0 Å². The SMILES string of the molecule is CCC(CCBr)NS(=O)(=O)c1cc(C)c(Cl)s1. The predicted molar refractivity (Wildman–Crippen MR) is 76.9 cm³/mol. The van der Waals surface area contributed by atoms with Crippen LogP contribution in [0.25, 0.3) is 0 Å². The number of halogens is 2. The number of thiophene rings is 1. The number of sulfonamides is 1. The summed E-state index contributed by atoms with van der Waals surface area (Å²) in [5, 5.41) is 0.776. The van der Waals surface area contributed by atoms with E-state index in [-0.39, 0.29) is 10.3 Å². The van der Waals surface area contributed by atoms with Gasteiger partial charge in [0.25, 0.3) is 0 Å². The van der Waals surface area contributed by atoms with Crippen LogP contribution in [0.1, 0.15) is 25.3 Å². The first-order valence-electron chi connectivity index (χ1n) is 5.25. The molecule has 98 valence electrons. The van der Waals surface area contributed by atoms with Gasteiger partial charge >= 0.3 is 0 Å². The molecule has 3 nitrogen and oxygen atoms in total. The third-order valence-electron chi connectivity index (χ3n) is 2.37. The number of aryl methyl sites for hydroxylation is 1. The van der Waals surface area contributed by atoms with Crippen LogP contribution in [-0.2, 0) is 10.0 Å². The Bertz CT molecular complexity index is 453.